The Morgan fingerprint density at radius 2 is 2.13 bits per heavy atom. The Balaban J connectivity index is 2.55. The number of rotatable bonds is 4. The van der Waals surface area contributed by atoms with Crippen LogP contribution < -0.4 is 10.5 Å². The van der Waals surface area contributed by atoms with Crippen LogP contribution in [0.25, 0.3) is 0 Å². The monoisotopic (exact) mass is 231 g/mol. The normalized spacial score (nSPS) is 12.9. The fourth-order valence-electron chi connectivity index (χ4n) is 0.952. The van der Waals surface area contributed by atoms with Crippen molar-refractivity contribution in [3.63, 3.8) is 0 Å². The van der Waals surface area contributed by atoms with Crippen LogP contribution >= 0.6 is 11.6 Å². The van der Waals surface area contributed by atoms with E-state index in [1.165, 1.54) is 18.2 Å². The number of hydrogen-bond donors (Lipinski definition) is 1. The van der Waals surface area contributed by atoms with Gasteiger partial charge in [0, 0.05) is 12.1 Å². The Morgan fingerprint density at radius 1 is 1.47 bits per heavy atom. The molecule has 0 heterocycles. The van der Waals surface area contributed by atoms with Crippen LogP contribution in [0.3, 0.4) is 0 Å². The minimum absolute atomic E-state index is 0.0335. The highest BCUT2D eigenvalue weighted by Crippen LogP contribution is 2.21. The molecule has 1 atom stereocenters. The third kappa shape index (κ3) is 3.68. The minimum Gasteiger partial charge on any atom is -0.492 e. The summed E-state index contributed by atoms with van der Waals surface area (Å²) in [6.45, 7) is 4.44. The van der Waals surface area contributed by atoms with Crippen molar-refractivity contribution in [1.29, 1.82) is 0 Å². The van der Waals surface area contributed by atoms with Gasteiger partial charge in [0.2, 0.25) is 0 Å². The molecule has 0 aliphatic carbocycles. The second-order valence-corrected chi connectivity index (χ2v) is 4.20. The first-order valence-electron chi connectivity index (χ1n) is 4.84. The third-order valence-electron chi connectivity index (χ3n) is 2.19. The fraction of sp³-hybridized carbons (Fsp3) is 0.455. The van der Waals surface area contributed by atoms with Crippen molar-refractivity contribution in [2.45, 2.75) is 19.9 Å². The van der Waals surface area contributed by atoms with E-state index in [9.17, 15) is 4.39 Å². The Kier molecular flexibility index (Phi) is 4.36. The quantitative estimate of drug-likeness (QED) is 0.865. The lowest BCUT2D eigenvalue weighted by atomic mass is 10.1. The molecule has 1 aromatic rings. The molecule has 0 bridgehead atoms. The molecule has 2 nitrogen and oxygen atoms in total. The summed E-state index contributed by atoms with van der Waals surface area (Å²) in [6, 6.07) is 4.23. The molecule has 84 valence electrons. The molecule has 1 aromatic carbocycles. The van der Waals surface area contributed by atoms with Crippen LogP contribution in [0.4, 0.5) is 4.39 Å². The third-order valence-corrected chi connectivity index (χ3v) is 2.48. The topological polar surface area (TPSA) is 35.2 Å². The molecule has 0 spiro atoms. The molecule has 0 saturated heterocycles. The lowest BCUT2D eigenvalue weighted by molar-refractivity contribution is 0.259. The maximum Gasteiger partial charge on any atom is 0.142 e. The highest BCUT2D eigenvalue weighted by Gasteiger charge is 2.09. The molecule has 0 radical (unpaired) electrons. The van der Waals surface area contributed by atoms with Gasteiger partial charge in [0.15, 0.2) is 0 Å². The molecule has 0 aromatic heterocycles. The van der Waals surface area contributed by atoms with Crippen LogP contribution in [0, 0.1) is 11.7 Å². The number of halogens is 2. The molecular formula is C11H15ClFNO. The summed E-state index contributed by atoms with van der Waals surface area (Å²) in [5, 5.41) is 0.0608. The van der Waals surface area contributed by atoms with Gasteiger partial charge < -0.3 is 10.5 Å². The van der Waals surface area contributed by atoms with Crippen molar-refractivity contribution >= 4 is 11.6 Å². The van der Waals surface area contributed by atoms with E-state index in [1.807, 2.05) is 13.8 Å². The van der Waals surface area contributed by atoms with E-state index in [1.54, 1.807) is 0 Å². The van der Waals surface area contributed by atoms with E-state index in [2.05, 4.69) is 0 Å². The first-order chi connectivity index (χ1) is 7.00. The van der Waals surface area contributed by atoms with Crippen LogP contribution in [-0.4, -0.2) is 12.6 Å². The van der Waals surface area contributed by atoms with Gasteiger partial charge in [-0.25, -0.2) is 4.39 Å². The van der Waals surface area contributed by atoms with Gasteiger partial charge >= 0.3 is 0 Å². The van der Waals surface area contributed by atoms with Crippen LogP contribution in [0.2, 0.25) is 5.02 Å². The summed E-state index contributed by atoms with van der Waals surface area (Å²) in [6.07, 6.45) is 0. The zero-order valence-electron chi connectivity index (χ0n) is 8.84. The van der Waals surface area contributed by atoms with E-state index in [0.29, 0.717) is 18.3 Å². The molecule has 1 unspecified atom stereocenters. The number of ether oxygens (including phenoxy) is 1. The van der Waals surface area contributed by atoms with Crippen LogP contribution in [-0.2, 0) is 0 Å². The average molecular weight is 232 g/mol. The standard InChI is InChI=1S/C11H15ClFNO/c1-7(2)11(14)6-15-8-3-4-10(13)9(12)5-8/h3-5,7,11H,6,14H2,1-2H3. The highest BCUT2D eigenvalue weighted by molar-refractivity contribution is 6.30. The number of benzene rings is 1. The molecule has 2 N–H and O–H groups in total. The van der Waals surface area contributed by atoms with Crippen molar-refractivity contribution in [3.05, 3.63) is 29.0 Å². The van der Waals surface area contributed by atoms with Gasteiger partial charge in [-0.3, -0.25) is 0 Å². The van der Waals surface area contributed by atoms with E-state index < -0.39 is 5.82 Å². The Hall–Kier alpha value is -0.800. The van der Waals surface area contributed by atoms with Gasteiger partial charge in [-0.1, -0.05) is 25.4 Å². The Bertz CT molecular complexity index is 330. The average Bonchev–Trinajstić information content (AvgIpc) is 2.19. The summed E-state index contributed by atoms with van der Waals surface area (Å²) in [7, 11) is 0. The predicted molar refractivity (Wildman–Crippen MR) is 59.7 cm³/mol. The Labute approximate surface area is 94.2 Å². The van der Waals surface area contributed by atoms with E-state index in [-0.39, 0.29) is 11.1 Å². The highest BCUT2D eigenvalue weighted by atomic mass is 35.5. The van der Waals surface area contributed by atoms with E-state index in [4.69, 9.17) is 22.1 Å². The van der Waals surface area contributed by atoms with Gasteiger partial charge in [0.1, 0.15) is 18.2 Å². The van der Waals surface area contributed by atoms with Crippen LogP contribution in [0.5, 0.6) is 5.75 Å². The summed E-state index contributed by atoms with van der Waals surface area (Å²) in [5.74, 6) is 0.440. The van der Waals surface area contributed by atoms with Gasteiger partial charge in [-0.05, 0) is 18.1 Å². The smallest absolute Gasteiger partial charge is 0.142 e. The van der Waals surface area contributed by atoms with Gasteiger partial charge in [0.05, 0.1) is 5.02 Å². The molecule has 0 fully saturated rings. The summed E-state index contributed by atoms with van der Waals surface area (Å²) in [5.41, 5.74) is 5.80. The van der Waals surface area contributed by atoms with Crippen molar-refractivity contribution in [1.82, 2.24) is 0 Å². The SMILES string of the molecule is CC(C)C(N)COc1ccc(F)c(Cl)c1. The van der Waals surface area contributed by atoms with Gasteiger partial charge in [-0.2, -0.15) is 0 Å². The number of hydrogen-bond acceptors (Lipinski definition) is 2. The van der Waals surface area contributed by atoms with E-state index in [0.717, 1.165) is 0 Å². The van der Waals surface area contributed by atoms with Gasteiger partial charge in [0.25, 0.3) is 0 Å². The first-order valence-corrected chi connectivity index (χ1v) is 5.22. The summed E-state index contributed by atoms with van der Waals surface area (Å²) >= 11 is 5.61. The van der Waals surface area contributed by atoms with Crippen molar-refractivity contribution in [3.8, 4) is 5.75 Å². The predicted octanol–water partition coefficient (Wildman–Crippen LogP) is 2.84. The Morgan fingerprint density at radius 3 is 2.67 bits per heavy atom. The molecule has 0 amide bonds. The van der Waals surface area contributed by atoms with Crippen molar-refractivity contribution in [2.24, 2.45) is 11.7 Å². The van der Waals surface area contributed by atoms with Gasteiger partial charge in [-0.15, -0.1) is 0 Å². The first kappa shape index (κ1) is 12.3. The largest absolute Gasteiger partial charge is 0.492 e. The molecule has 0 aliphatic heterocycles. The second kappa shape index (κ2) is 5.33. The molecular weight excluding hydrogens is 217 g/mol. The summed E-state index contributed by atoms with van der Waals surface area (Å²) in [4.78, 5) is 0. The van der Waals surface area contributed by atoms with E-state index >= 15 is 0 Å². The van der Waals surface area contributed by atoms with Crippen LogP contribution in [0.15, 0.2) is 18.2 Å². The lowest BCUT2D eigenvalue weighted by Gasteiger charge is -2.16. The minimum atomic E-state index is -0.447. The maximum absolute atomic E-state index is 12.8. The second-order valence-electron chi connectivity index (χ2n) is 3.79. The number of nitrogens with two attached hydrogens (primary N) is 1. The maximum atomic E-state index is 12.8. The summed E-state index contributed by atoms with van der Waals surface area (Å²) < 4.78 is 18.2. The fourth-order valence-corrected chi connectivity index (χ4v) is 1.12. The van der Waals surface area contributed by atoms with Crippen LogP contribution in [0.1, 0.15) is 13.8 Å². The van der Waals surface area contributed by atoms with Crippen molar-refractivity contribution < 1.29 is 9.13 Å². The zero-order chi connectivity index (χ0) is 11.4. The molecule has 1 rings (SSSR count). The molecule has 15 heavy (non-hydrogen) atoms. The molecule has 0 aliphatic rings. The lowest BCUT2D eigenvalue weighted by Crippen LogP contribution is -2.32. The van der Waals surface area contributed by atoms with Crippen molar-refractivity contribution in [2.75, 3.05) is 6.61 Å². The molecule has 0 saturated carbocycles. The molecule has 4 heteroatoms. The zero-order valence-corrected chi connectivity index (χ0v) is 9.59.